The molecule has 1 unspecified atom stereocenters. The van der Waals surface area contributed by atoms with Crippen LogP contribution in [0.5, 0.6) is 0 Å². The van der Waals surface area contributed by atoms with Gasteiger partial charge in [0.2, 0.25) is 0 Å². The first-order chi connectivity index (χ1) is 5.20. The first kappa shape index (κ1) is 11.0. The molecule has 11 heavy (non-hydrogen) atoms. The van der Waals surface area contributed by atoms with E-state index in [0.717, 1.165) is 11.8 Å². The summed E-state index contributed by atoms with van der Waals surface area (Å²) in [5.41, 5.74) is 0. The third-order valence-corrected chi connectivity index (χ3v) is 2.38. The summed E-state index contributed by atoms with van der Waals surface area (Å²) >= 11 is 0. The highest BCUT2D eigenvalue weighted by Crippen LogP contribution is 2.00. The van der Waals surface area contributed by atoms with Gasteiger partial charge in [0.25, 0.3) is 0 Å². The van der Waals surface area contributed by atoms with Crippen molar-refractivity contribution in [2.45, 2.75) is 40.5 Å². The summed E-state index contributed by atoms with van der Waals surface area (Å²) in [4.78, 5) is 0. The first-order valence-corrected chi connectivity index (χ1v) is 4.91. The molecule has 0 amide bonds. The predicted molar refractivity (Wildman–Crippen MR) is 51.8 cm³/mol. The van der Waals surface area contributed by atoms with Crippen LogP contribution in [0.1, 0.15) is 40.5 Å². The van der Waals surface area contributed by atoms with E-state index in [0.29, 0.717) is 0 Å². The van der Waals surface area contributed by atoms with Gasteiger partial charge in [0, 0.05) is 0 Å². The average molecular weight is 157 g/mol. The summed E-state index contributed by atoms with van der Waals surface area (Å²) in [7, 11) is 0. The van der Waals surface area contributed by atoms with Gasteiger partial charge in [-0.2, -0.15) is 0 Å². The highest BCUT2D eigenvalue weighted by Gasteiger charge is 2.00. The molecule has 0 aliphatic heterocycles. The fraction of sp³-hybridized carbons (Fsp3) is 1.00. The van der Waals surface area contributed by atoms with E-state index in [4.69, 9.17) is 0 Å². The maximum Gasteiger partial charge on any atom is -0.00231 e. The molecule has 0 saturated carbocycles. The lowest BCUT2D eigenvalue weighted by Crippen LogP contribution is -2.25. The van der Waals surface area contributed by atoms with Crippen molar-refractivity contribution in [1.82, 2.24) is 5.32 Å². The molecule has 0 aliphatic rings. The normalized spacial score (nSPS) is 16.4. The van der Waals surface area contributed by atoms with Crippen molar-refractivity contribution in [2.75, 3.05) is 13.1 Å². The highest BCUT2D eigenvalue weighted by molar-refractivity contribution is 4.58. The van der Waals surface area contributed by atoms with Gasteiger partial charge in [-0.05, 0) is 24.9 Å². The minimum absolute atomic E-state index is 0.832. The van der Waals surface area contributed by atoms with Gasteiger partial charge >= 0.3 is 0 Å². The maximum atomic E-state index is 3.49. The van der Waals surface area contributed by atoms with Crippen LogP contribution in [0.3, 0.4) is 0 Å². The Balaban J connectivity index is 3.13. The number of rotatable bonds is 6. The topological polar surface area (TPSA) is 12.0 Å². The second-order valence-electron chi connectivity index (χ2n) is 3.69. The van der Waals surface area contributed by atoms with E-state index in [2.05, 4.69) is 33.0 Å². The Bertz CT molecular complexity index is 70.9. The lowest BCUT2D eigenvalue weighted by Gasteiger charge is -2.13. The van der Waals surface area contributed by atoms with Crippen LogP contribution in [0.25, 0.3) is 0 Å². The van der Waals surface area contributed by atoms with Crippen LogP contribution in [0, 0.1) is 11.8 Å². The van der Waals surface area contributed by atoms with Crippen molar-refractivity contribution in [3.63, 3.8) is 0 Å². The second-order valence-corrected chi connectivity index (χ2v) is 3.69. The van der Waals surface area contributed by atoms with Crippen LogP contribution in [-0.2, 0) is 0 Å². The molecule has 0 radical (unpaired) electrons. The van der Waals surface area contributed by atoms with Crippen LogP contribution >= 0.6 is 0 Å². The molecule has 1 heteroatoms. The van der Waals surface area contributed by atoms with Crippen molar-refractivity contribution < 1.29 is 0 Å². The SMILES string of the molecule is CCC(C)CNC[C@@H](C)CC. The Morgan fingerprint density at radius 2 is 1.27 bits per heavy atom. The molecule has 0 saturated heterocycles. The van der Waals surface area contributed by atoms with Gasteiger partial charge in [0.05, 0.1) is 0 Å². The molecule has 0 aliphatic carbocycles. The van der Waals surface area contributed by atoms with Gasteiger partial charge in [0.15, 0.2) is 0 Å². The van der Waals surface area contributed by atoms with Crippen molar-refractivity contribution >= 4 is 0 Å². The minimum Gasteiger partial charge on any atom is -0.316 e. The van der Waals surface area contributed by atoms with Crippen LogP contribution in [0.15, 0.2) is 0 Å². The molecule has 0 rings (SSSR count). The Labute approximate surface area is 71.6 Å². The van der Waals surface area contributed by atoms with E-state index in [9.17, 15) is 0 Å². The van der Waals surface area contributed by atoms with Gasteiger partial charge < -0.3 is 5.32 Å². The molecule has 0 fully saturated rings. The summed E-state index contributed by atoms with van der Waals surface area (Å²) in [5, 5.41) is 3.49. The summed E-state index contributed by atoms with van der Waals surface area (Å²) in [6.07, 6.45) is 2.57. The van der Waals surface area contributed by atoms with Crippen molar-refractivity contribution in [2.24, 2.45) is 11.8 Å². The molecule has 0 spiro atoms. The standard InChI is InChI=1S/C10H23N/c1-5-9(3)7-11-8-10(4)6-2/h9-11H,5-8H2,1-4H3/t9-,10?/m0/s1. The molecule has 2 atom stereocenters. The van der Waals surface area contributed by atoms with Crippen LogP contribution in [0.4, 0.5) is 0 Å². The monoisotopic (exact) mass is 157 g/mol. The van der Waals surface area contributed by atoms with Gasteiger partial charge in [-0.15, -0.1) is 0 Å². The summed E-state index contributed by atoms with van der Waals surface area (Å²) < 4.78 is 0. The summed E-state index contributed by atoms with van der Waals surface area (Å²) in [6, 6.07) is 0. The first-order valence-electron chi connectivity index (χ1n) is 4.91. The zero-order chi connectivity index (χ0) is 8.69. The van der Waals surface area contributed by atoms with Crippen LogP contribution < -0.4 is 5.32 Å². The molecule has 68 valence electrons. The van der Waals surface area contributed by atoms with E-state index in [1.807, 2.05) is 0 Å². The molecular formula is C10H23N. The third kappa shape index (κ3) is 6.36. The lowest BCUT2D eigenvalue weighted by atomic mass is 10.1. The van der Waals surface area contributed by atoms with E-state index in [-0.39, 0.29) is 0 Å². The zero-order valence-corrected chi connectivity index (χ0v) is 8.48. The molecule has 0 bridgehead atoms. The number of hydrogen-bond acceptors (Lipinski definition) is 1. The van der Waals surface area contributed by atoms with Gasteiger partial charge in [0.1, 0.15) is 0 Å². The minimum atomic E-state index is 0.832. The third-order valence-electron chi connectivity index (χ3n) is 2.38. The Kier molecular flexibility index (Phi) is 6.63. The molecule has 1 nitrogen and oxygen atoms in total. The van der Waals surface area contributed by atoms with Crippen molar-refractivity contribution in [3.8, 4) is 0 Å². The smallest absolute Gasteiger partial charge is 0.00231 e. The van der Waals surface area contributed by atoms with E-state index < -0.39 is 0 Å². The number of hydrogen-bond donors (Lipinski definition) is 1. The largest absolute Gasteiger partial charge is 0.316 e. The number of nitrogens with one attached hydrogen (secondary N) is 1. The highest BCUT2D eigenvalue weighted by atomic mass is 14.9. The Morgan fingerprint density at radius 1 is 0.909 bits per heavy atom. The summed E-state index contributed by atoms with van der Waals surface area (Å²) in [6.45, 7) is 11.4. The van der Waals surface area contributed by atoms with Crippen molar-refractivity contribution in [3.05, 3.63) is 0 Å². The molecule has 0 heterocycles. The predicted octanol–water partition coefficient (Wildman–Crippen LogP) is 2.67. The van der Waals surface area contributed by atoms with E-state index in [1.165, 1.54) is 25.9 Å². The molecule has 0 aromatic heterocycles. The zero-order valence-electron chi connectivity index (χ0n) is 8.48. The Hall–Kier alpha value is -0.0400. The fourth-order valence-electron chi connectivity index (χ4n) is 0.865. The van der Waals surface area contributed by atoms with Gasteiger partial charge in [-0.3, -0.25) is 0 Å². The van der Waals surface area contributed by atoms with Crippen LogP contribution in [-0.4, -0.2) is 13.1 Å². The van der Waals surface area contributed by atoms with E-state index >= 15 is 0 Å². The lowest BCUT2D eigenvalue weighted by molar-refractivity contribution is 0.445. The molecule has 0 aromatic carbocycles. The molecule has 0 aromatic rings. The summed E-state index contributed by atoms with van der Waals surface area (Å²) in [5.74, 6) is 1.66. The van der Waals surface area contributed by atoms with E-state index in [1.54, 1.807) is 0 Å². The quantitative estimate of drug-likeness (QED) is 0.625. The fourth-order valence-corrected chi connectivity index (χ4v) is 0.865. The maximum absolute atomic E-state index is 3.49. The molecular weight excluding hydrogens is 134 g/mol. The molecule has 1 N–H and O–H groups in total. The average Bonchev–Trinajstić information content (AvgIpc) is 2.04. The second kappa shape index (κ2) is 6.66. The van der Waals surface area contributed by atoms with Crippen LogP contribution in [0.2, 0.25) is 0 Å². The van der Waals surface area contributed by atoms with Gasteiger partial charge in [-0.25, -0.2) is 0 Å². The Morgan fingerprint density at radius 3 is 1.55 bits per heavy atom. The van der Waals surface area contributed by atoms with Gasteiger partial charge in [-0.1, -0.05) is 40.5 Å². The van der Waals surface area contributed by atoms with Crippen molar-refractivity contribution in [1.29, 1.82) is 0 Å².